The van der Waals surface area contributed by atoms with Crippen LogP contribution in [-0.2, 0) is 9.59 Å². The number of nitrogens with one attached hydrogen (secondary N) is 1. The zero-order chi connectivity index (χ0) is 14.2. The predicted octanol–water partition coefficient (Wildman–Crippen LogP) is 2.20. The number of anilines is 1. The normalized spacial score (nSPS) is 19.9. The summed E-state index contributed by atoms with van der Waals surface area (Å²) in [6.45, 7) is 3.52. The Kier molecular flexibility index (Phi) is 3.57. The molecule has 5 nitrogen and oxygen atoms in total. The number of imide groups is 2. The van der Waals surface area contributed by atoms with Crippen molar-refractivity contribution in [2.45, 2.75) is 13.8 Å². The molecule has 6 heteroatoms. The highest BCUT2D eigenvalue weighted by Gasteiger charge is 2.42. The maximum Gasteiger partial charge on any atom is 0.335 e. The highest BCUT2D eigenvalue weighted by Crippen LogP contribution is 2.26. The highest BCUT2D eigenvalue weighted by atomic mass is 35.5. The van der Waals surface area contributed by atoms with Gasteiger partial charge in [0.25, 0.3) is 0 Å². The summed E-state index contributed by atoms with van der Waals surface area (Å²) in [6.07, 6.45) is 0. The summed E-state index contributed by atoms with van der Waals surface area (Å²) in [5, 5.41) is 2.61. The van der Waals surface area contributed by atoms with Gasteiger partial charge in [-0.3, -0.25) is 14.9 Å². The third-order valence-corrected chi connectivity index (χ3v) is 3.17. The minimum atomic E-state index is -0.864. The molecule has 100 valence electrons. The Morgan fingerprint density at radius 3 is 2.53 bits per heavy atom. The molecule has 1 N–H and O–H groups in total. The van der Waals surface area contributed by atoms with Gasteiger partial charge in [0.15, 0.2) is 0 Å². The summed E-state index contributed by atoms with van der Waals surface area (Å²) in [4.78, 5) is 36.8. The lowest BCUT2D eigenvalue weighted by Crippen LogP contribution is -2.59. The molecule has 1 aliphatic rings. The molecule has 0 spiro atoms. The fraction of sp³-hybridized carbons (Fsp3) is 0.308. The fourth-order valence-corrected chi connectivity index (χ4v) is 2.22. The SMILES string of the molecule is CC(C)C1C(=O)NC(=O)N(c2cccc(Cl)c2)C1=O. The molecule has 1 unspecified atom stereocenters. The second-order valence-electron chi connectivity index (χ2n) is 4.67. The van der Waals surface area contributed by atoms with Gasteiger partial charge in [-0.1, -0.05) is 31.5 Å². The summed E-state index contributed by atoms with van der Waals surface area (Å²) in [6, 6.07) is 5.64. The van der Waals surface area contributed by atoms with Gasteiger partial charge in [0.05, 0.1) is 5.69 Å². The number of benzene rings is 1. The number of barbiturate groups is 1. The number of hydrogen-bond acceptors (Lipinski definition) is 3. The summed E-state index contributed by atoms with van der Waals surface area (Å²) < 4.78 is 0. The van der Waals surface area contributed by atoms with Gasteiger partial charge >= 0.3 is 6.03 Å². The fourth-order valence-electron chi connectivity index (χ4n) is 2.04. The maximum absolute atomic E-state index is 12.3. The van der Waals surface area contributed by atoms with Crippen molar-refractivity contribution in [2.75, 3.05) is 4.90 Å². The van der Waals surface area contributed by atoms with Crippen molar-refractivity contribution >= 4 is 35.1 Å². The Balaban J connectivity index is 2.42. The van der Waals surface area contributed by atoms with Crippen LogP contribution in [0.3, 0.4) is 0 Å². The third kappa shape index (κ3) is 2.46. The number of urea groups is 1. The molecule has 1 aromatic rings. The molecule has 1 heterocycles. The first-order valence-corrected chi connectivity index (χ1v) is 6.24. The summed E-state index contributed by atoms with van der Waals surface area (Å²) in [7, 11) is 0. The van der Waals surface area contributed by atoms with E-state index < -0.39 is 23.8 Å². The molecule has 1 aromatic carbocycles. The largest absolute Gasteiger partial charge is 0.335 e. The van der Waals surface area contributed by atoms with Crippen molar-refractivity contribution in [2.24, 2.45) is 11.8 Å². The molecule has 2 rings (SSSR count). The zero-order valence-electron chi connectivity index (χ0n) is 10.5. The topological polar surface area (TPSA) is 66.5 Å². The van der Waals surface area contributed by atoms with Gasteiger partial charge in [0.1, 0.15) is 5.92 Å². The van der Waals surface area contributed by atoms with Gasteiger partial charge in [0.2, 0.25) is 11.8 Å². The Bertz CT molecular complexity index is 557. The van der Waals surface area contributed by atoms with Crippen LogP contribution in [0.4, 0.5) is 10.5 Å². The Hall–Kier alpha value is -1.88. The minimum absolute atomic E-state index is 0.192. The van der Waals surface area contributed by atoms with E-state index in [1.165, 1.54) is 6.07 Å². The van der Waals surface area contributed by atoms with Gasteiger partial charge in [-0.25, -0.2) is 9.69 Å². The molecule has 4 amide bonds. The molecular weight excluding hydrogens is 268 g/mol. The van der Waals surface area contributed by atoms with E-state index >= 15 is 0 Å². The molecule has 1 atom stereocenters. The monoisotopic (exact) mass is 280 g/mol. The lowest BCUT2D eigenvalue weighted by atomic mass is 9.92. The summed E-state index contributed by atoms with van der Waals surface area (Å²) >= 11 is 5.85. The van der Waals surface area contributed by atoms with E-state index in [4.69, 9.17) is 11.6 Å². The first kappa shape index (κ1) is 13.5. The van der Waals surface area contributed by atoms with Gasteiger partial charge in [-0.2, -0.15) is 0 Å². The van der Waals surface area contributed by atoms with Crippen LogP contribution in [0, 0.1) is 11.8 Å². The lowest BCUT2D eigenvalue weighted by Gasteiger charge is -2.31. The van der Waals surface area contributed by atoms with E-state index in [2.05, 4.69) is 5.32 Å². The van der Waals surface area contributed by atoms with Crippen LogP contribution in [0.2, 0.25) is 5.02 Å². The van der Waals surface area contributed by atoms with E-state index in [0.717, 1.165) is 4.90 Å². The van der Waals surface area contributed by atoms with Crippen molar-refractivity contribution in [3.63, 3.8) is 0 Å². The average molecular weight is 281 g/mol. The second-order valence-corrected chi connectivity index (χ2v) is 5.11. The molecule has 0 saturated carbocycles. The van der Waals surface area contributed by atoms with Crippen molar-refractivity contribution in [1.82, 2.24) is 5.32 Å². The van der Waals surface area contributed by atoms with Crippen molar-refractivity contribution in [1.29, 1.82) is 0 Å². The van der Waals surface area contributed by atoms with Gasteiger partial charge in [-0.05, 0) is 24.1 Å². The van der Waals surface area contributed by atoms with Gasteiger partial charge < -0.3 is 0 Å². The average Bonchev–Trinajstić information content (AvgIpc) is 2.27. The Morgan fingerprint density at radius 2 is 1.95 bits per heavy atom. The standard InChI is InChI=1S/C13H13ClN2O3/c1-7(2)10-11(17)15-13(19)16(12(10)18)9-5-3-4-8(14)6-9/h3-7,10H,1-2H3,(H,15,17,19). The van der Waals surface area contributed by atoms with Crippen LogP contribution < -0.4 is 10.2 Å². The van der Waals surface area contributed by atoms with E-state index in [0.29, 0.717) is 10.7 Å². The summed E-state index contributed by atoms with van der Waals surface area (Å²) in [5.74, 6) is -2.13. The summed E-state index contributed by atoms with van der Waals surface area (Å²) in [5.41, 5.74) is 0.355. The van der Waals surface area contributed by atoms with Crippen LogP contribution >= 0.6 is 11.6 Å². The number of rotatable bonds is 2. The van der Waals surface area contributed by atoms with Gasteiger partial charge in [0, 0.05) is 5.02 Å². The highest BCUT2D eigenvalue weighted by molar-refractivity contribution is 6.32. The van der Waals surface area contributed by atoms with Crippen molar-refractivity contribution in [3.8, 4) is 0 Å². The Labute approximate surface area is 115 Å². The first-order valence-electron chi connectivity index (χ1n) is 5.86. The molecule has 0 radical (unpaired) electrons. The van der Waals surface area contributed by atoms with E-state index in [1.54, 1.807) is 32.0 Å². The van der Waals surface area contributed by atoms with E-state index in [-0.39, 0.29) is 5.92 Å². The maximum atomic E-state index is 12.3. The molecule has 19 heavy (non-hydrogen) atoms. The number of amides is 4. The number of hydrogen-bond donors (Lipinski definition) is 1. The molecule has 0 aromatic heterocycles. The quantitative estimate of drug-likeness (QED) is 0.845. The van der Waals surface area contributed by atoms with Crippen LogP contribution in [0.1, 0.15) is 13.8 Å². The van der Waals surface area contributed by atoms with Crippen LogP contribution in [-0.4, -0.2) is 17.8 Å². The second kappa shape index (κ2) is 5.01. The third-order valence-electron chi connectivity index (χ3n) is 2.94. The first-order chi connectivity index (χ1) is 8.91. The molecule has 1 aliphatic heterocycles. The number of halogens is 1. The minimum Gasteiger partial charge on any atom is -0.277 e. The molecular formula is C13H13ClN2O3. The van der Waals surface area contributed by atoms with Crippen molar-refractivity contribution in [3.05, 3.63) is 29.3 Å². The van der Waals surface area contributed by atoms with Crippen LogP contribution in [0.15, 0.2) is 24.3 Å². The van der Waals surface area contributed by atoms with Crippen molar-refractivity contribution < 1.29 is 14.4 Å². The molecule has 0 aliphatic carbocycles. The number of carbonyl (C=O) groups excluding carboxylic acids is 3. The lowest BCUT2D eigenvalue weighted by molar-refractivity contribution is -0.136. The molecule has 1 saturated heterocycles. The smallest absolute Gasteiger partial charge is 0.277 e. The number of nitrogens with zero attached hydrogens (tertiary/aromatic N) is 1. The van der Waals surface area contributed by atoms with Crippen LogP contribution in [0.5, 0.6) is 0 Å². The molecule has 1 fully saturated rings. The molecule has 0 bridgehead atoms. The number of carbonyl (C=O) groups is 3. The zero-order valence-corrected chi connectivity index (χ0v) is 11.3. The van der Waals surface area contributed by atoms with Gasteiger partial charge in [-0.15, -0.1) is 0 Å². The van der Waals surface area contributed by atoms with Crippen LogP contribution in [0.25, 0.3) is 0 Å². The predicted molar refractivity (Wildman–Crippen MR) is 70.8 cm³/mol. The van der Waals surface area contributed by atoms with E-state index in [9.17, 15) is 14.4 Å². The Morgan fingerprint density at radius 1 is 1.26 bits per heavy atom. The van der Waals surface area contributed by atoms with E-state index in [1.807, 2.05) is 0 Å².